The Hall–Kier alpha value is -0.570. The molecule has 1 rings (SSSR count). The summed E-state index contributed by atoms with van der Waals surface area (Å²) in [5.41, 5.74) is 0.296. The molecule has 3 heteroatoms. The Morgan fingerprint density at radius 3 is 2.42 bits per heavy atom. The van der Waals surface area contributed by atoms with Crippen molar-refractivity contribution >= 4 is 5.91 Å². The van der Waals surface area contributed by atoms with Crippen LogP contribution in [0.15, 0.2) is 0 Å². The molecule has 1 heterocycles. The summed E-state index contributed by atoms with van der Waals surface area (Å²) in [6.45, 7) is 16.1. The quantitative estimate of drug-likeness (QED) is 0.850. The highest BCUT2D eigenvalue weighted by atomic mass is 16.2. The number of nitrogens with zero attached hydrogens (tertiary/aromatic N) is 1. The van der Waals surface area contributed by atoms with Crippen molar-refractivity contribution < 1.29 is 4.79 Å². The average molecular weight is 268 g/mol. The predicted octanol–water partition coefficient (Wildman–Crippen LogP) is 2.91. The monoisotopic (exact) mass is 268 g/mol. The average Bonchev–Trinajstić information content (AvgIpc) is 2.34. The third-order valence-electron chi connectivity index (χ3n) is 4.00. The number of rotatable bonds is 4. The van der Waals surface area contributed by atoms with Gasteiger partial charge in [0.25, 0.3) is 0 Å². The molecule has 19 heavy (non-hydrogen) atoms. The Kier molecular flexibility index (Phi) is 5.84. The zero-order valence-electron chi connectivity index (χ0n) is 13.6. The summed E-state index contributed by atoms with van der Waals surface area (Å²) in [4.78, 5) is 14.0. The first-order valence-electron chi connectivity index (χ1n) is 7.74. The lowest BCUT2D eigenvalue weighted by molar-refractivity contribution is -0.133. The van der Waals surface area contributed by atoms with Crippen LogP contribution < -0.4 is 5.32 Å². The van der Waals surface area contributed by atoms with Gasteiger partial charge in [-0.15, -0.1) is 0 Å². The Labute approximate surface area is 119 Å². The topological polar surface area (TPSA) is 32.3 Å². The van der Waals surface area contributed by atoms with Crippen molar-refractivity contribution in [1.29, 1.82) is 0 Å². The van der Waals surface area contributed by atoms with Crippen LogP contribution in [0, 0.1) is 17.3 Å². The number of nitrogens with one attached hydrogen (secondary N) is 1. The van der Waals surface area contributed by atoms with Gasteiger partial charge in [-0.1, -0.05) is 41.5 Å². The van der Waals surface area contributed by atoms with Gasteiger partial charge in [0.2, 0.25) is 5.91 Å². The lowest BCUT2D eigenvalue weighted by Crippen LogP contribution is -2.53. The summed E-state index contributed by atoms with van der Waals surface area (Å²) < 4.78 is 0. The number of carbonyl (C=O) groups excluding carboxylic acids is 1. The van der Waals surface area contributed by atoms with E-state index in [1.807, 2.05) is 6.92 Å². The fourth-order valence-corrected chi connectivity index (χ4v) is 2.65. The second-order valence-electron chi connectivity index (χ2n) is 7.53. The highest BCUT2D eigenvalue weighted by Gasteiger charge is 2.31. The van der Waals surface area contributed by atoms with E-state index in [0.29, 0.717) is 35.6 Å². The summed E-state index contributed by atoms with van der Waals surface area (Å²) >= 11 is 0. The van der Waals surface area contributed by atoms with E-state index in [1.54, 1.807) is 0 Å². The maximum Gasteiger partial charge on any atom is 0.222 e. The molecule has 2 atom stereocenters. The summed E-state index contributed by atoms with van der Waals surface area (Å²) in [5.74, 6) is 1.57. The first-order chi connectivity index (χ1) is 8.73. The zero-order chi connectivity index (χ0) is 14.6. The Morgan fingerprint density at radius 1 is 1.32 bits per heavy atom. The number of carbonyl (C=O) groups is 1. The minimum atomic E-state index is 0.296. The van der Waals surface area contributed by atoms with Crippen LogP contribution >= 0.6 is 0 Å². The molecule has 1 N–H and O–H groups in total. The van der Waals surface area contributed by atoms with Crippen molar-refractivity contribution in [2.75, 3.05) is 19.6 Å². The molecule has 0 bridgehead atoms. The summed E-state index contributed by atoms with van der Waals surface area (Å²) in [5, 5.41) is 3.66. The summed E-state index contributed by atoms with van der Waals surface area (Å²) in [6.07, 6.45) is 1.82. The van der Waals surface area contributed by atoms with Gasteiger partial charge in [-0.25, -0.2) is 0 Å². The van der Waals surface area contributed by atoms with Crippen molar-refractivity contribution in [3.63, 3.8) is 0 Å². The van der Waals surface area contributed by atoms with E-state index >= 15 is 0 Å². The van der Waals surface area contributed by atoms with E-state index in [9.17, 15) is 4.79 Å². The van der Waals surface area contributed by atoms with Crippen LogP contribution in [-0.2, 0) is 4.79 Å². The highest BCUT2D eigenvalue weighted by molar-refractivity contribution is 5.76. The van der Waals surface area contributed by atoms with Crippen molar-refractivity contribution in [2.45, 2.75) is 60.4 Å². The van der Waals surface area contributed by atoms with Gasteiger partial charge >= 0.3 is 0 Å². The molecule has 1 amide bonds. The standard InChI is InChI=1S/C16H32N2O/c1-7-15(19)18-9-13(12(2)3)8-14(10-18)17-11-16(4,5)6/h12-14,17H,7-11H2,1-6H3. The van der Waals surface area contributed by atoms with Crippen LogP contribution in [0.5, 0.6) is 0 Å². The van der Waals surface area contributed by atoms with Gasteiger partial charge in [0.05, 0.1) is 0 Å². The molecule has 0 aromatic rings. The fraction of sp³-hybridized carbons (Fsp3) is 0.938. The normalized spacial score (nSPS) is 24.9. The van der Waals surface area contributed by atoms with E-state index in [1.165, 1.54) is 6.42 Å². The van der Waals surface area contributed by atoms with Crippen LogP contribution in [0.3, 0.4) is 0 Å². The molecule has 0 aliphatic carbocycles. The summed E-state index contributed by atoms with van der Waals surface area (Å²) in [6, 6.07) is 0.455. The van der Waals surface area contributed by atoms with Gasteiger partial charge in [-0.05, 0) is 23.7 Å². The Balaban J connectivity index is 2.62. The van der Waals surface area contributed by atoms with Crippen LogP contribution in [0.2, 0.25) is 0 Å². The fourth-order valence-electron chi connectivity index (χ4n) is 2.65. The third kappa shape index (κ3) is 5.52. The highest BCUT2D eigenvalue weighted by Crippen LogP contribution is 2.25. The lowest BCUT2D eigenvalue weighted by atomic mass is 9.85. The molecular formula is C16H32N2O. The maximum absolute atomic E-state index is 12.0. The van der Waals surface area contributed by atoms with Crippen LogP contribution in [0.4, 0.5) is 0 Å². The van der Waals surface area contributed by atoms with Crippen LogP contribution in [0.1, 0.15) is 54.4 Å². The number of hydrogen-bond donors (Lipinski definition) is 1. The molecule has 0 aromatic carbocycles. The van der Waals surface area contributed by atoms with Crippen LogP contribution in [-0.4, -0.2) is 36.5 Å². The third-order valence-corrected chi connectivity index (χ3v) is 4.00. The molecular weight excluding hydrogens is 236 g/mol. The molecule has 0 radical (unpaired) electrons. The molecule has 0 saturated carbocycles. The lowest BCUT2D eigenvalue weighted by Gasteiger charge is -2.40. The summed E-state index contributed by atoms with van der Waals surface area (Å²) in [7, 11) is 0. The molecule has 1 aliphatic rings. The van der Waals surface area contributed by atoms with Gasteiger partial charge < -0.3 is 10.2 Å². The minimum absolute atomic E-state index is 0.296. The van der Waals surface area contributed by atoms with E-state index < -0.39 is 0 Å². The van der Waals surface area contributed by atoms with Crippen molar-refractivity contribution in [3.05, 3.63) is 0 Å². The predicted molar refractivity (Wildman–Crippen MR) is 81.1 cm³/mol. The van der Waals surface area contributed by atoms with Gasteiger partial charge in [0, 0.05) is 32.1 Å². The van der Waals surface area contributed by atoms with Gasteiger partial charge in [-0.2, -0.15) is 0 Å². The van der Waals surface area contributed by atoms with E-state index in [2.05, 4.69) is 44.8 Å². The second-order valence-corrected chi connectivity index (χ2v) is 7.53. The number of hydrogen-bond acceptors (Lipinski definition) is 2. The number of amides is 1. The molecule has 1 aliphatic heterocycles. The Bertz CT molecular complexity index is 294. The molecule has 112 valence electrons. The maximum atomic E-state index is 12.0. The largest absolute Gasteiger partial charge is 0.341 e. The van der Waals surface area contributed by atoms with E-state index in [0.717, 1.165) is 19.6 Å². The smallest absolute Gasteiger partial charge is 0.222 e. The molecule has 1 fully saturated rings. The van der Waals surface area contributed by atoms with E-state index in [4.69, 9.17) is 0 Å². The van der Waals surface area contributed by atoms with Crippen molar-refractivity contribution in [3.8, 4) is 0 Å². The van der Waals surface area contributed by atoms with Gasteiger partial charge in [0.1, 0.15) is 0 Å². The molecule has 3 nitrogen and oxygen atoms in total. The minimum Gasteiger partial charge on any atom is -0.341 e. The molecule has 0 spiro atoms. The Morgan fingerprint density at radius 2 is 1.95 bits per heavy atom. The second kappa shape index (κ2) is 6.74. The zero-order valence-corrected chi connectivity index (χ0v) is 13.6. The molecule has 2 unspecified atom stereocenters. The van der Waals surface area contributed by atoms with E-state index in [-0.39, 0.29) is 0 Å². The van der Waals surface area contributed by atoms with Gasteiger partial charge in [-0.3, -0.25) is 4.79 Å². The molecule has 0 aromatic heterocycles. The molecule has 1 saturated heterocycles. The number of likely N-dealkylation sites (tertiary alicyclic amines) is 1. The number of piperidine rings is 1. The first kappa shape index (κ1) is 16.5. The first-order valence-corrected chi connectivity index (χ1v) is 7.74. The van der Waals surface area contributed by atoms with Crippen LogP contribution in [0.25, 0.3) is 0 Å². The van der Waals surface area contributed by atoms with Crippen molar-refractivity contribution in [2.24, 2.45) is 17.3 Å². The van der Waals surface area contributed by atoms with Gasteiger partial charge in [0.15, 0.2) is 0 Å². The SMILES string of the molecule is CCC(=O)N1CC(NCC(C)(C)C)CC(C(C)C)C1. The van der Waals surface area contributed by atoms with Crippen molar-refractivity contribution in [1.82, 2.24) is 10.2 Å².